The van der Waals surface area contributed by atoms with Crippen molar-refractivity contribution >= 4 is 16.9 Å². The van der Waals surface area contributed by atoms with Gasteiger partial charge in [-0.2, -0.15) is 0 Å². The highest BCUT2D eigenvalue weighted by Gasteiger charge is 2.08. The maximum absolute atomic E-state index is 12.2. The number of carbonyl (C=O) groups is 1. The fraction of sp³-hybridized carbons (Fsp3) is 0.211. The lowest BCUT2D eigenvalue weighted by Crippen LogP contribution is -2.34. The monoisotopic (exact) mass is 353 g/mol. The summed E-state index contributed by atoms with van der Waals surface area (Å²) >= 11 is 0. The number of hydrogen-bond donors (Lipinski definition) is 1. The molecule has 0 aliphatic heterocycles. The molecule has 0 saturated carbocycles. The highest BCUT2D eigenvalue weighted by molar-refractivity contribution is 5.79. The van der Waals surface area contributed by atoms with Gasteiger partial charge in [0.25, 0.3) is 5.56 Å². The van der Waals surface area contributed by atoms with E-state index in [1.165, 1.54) is 10.8 Å². The molecule has 0 aliphatic rings. The van der Waals surface area contributed by atoms with E-state index in [-0.39, 0.29) is 18.0 Å². The van der Waals surface area contributed by atoms with Crippen LogP contribution < -0.4 is 20.3 Å². The Bertz CT molecular complexity index is 968. The van der Waals surface area contributed by atoms with Gasteiger partial charge in [0.1, 0.15) is 24.7 Å². The molecule has 1 amide bonds. The van der Waals surface area contributed by atoms with Crippen LogP contribution in [0.1, 0.15) is 0 Å². The molecule has 0 radical (unpaired) electrons. The molecule has 3 aromatic rings. The standard InChI is InChI=1S/C19H19N3O4/c1-25-14-5-4-6-15(11-14)26-10-9-20-18(23)13-22-17-8-3-2-7-16(17)21-12-19(22)24/h2-8,11-12H,9-10,13H2,1H3,(H,20,23). The van der Waals surface area contributed by atoms with Gasteiger partial charge in [0.2, 0.25) is 5.91 Å². The maximum Gasteiger partial charge on any atom is 0.269 e. The third-order valence-electron chi connectivity index (χ3n) is 3.79. The van der Waals surface area contributed by atoms with E-state index in [2.05, 4.69) is 10.3 Å². The first-order valence-electron chi connectivity index (χ1n) is 8.15. The van der Waals surface area contributed by atoms with Gasteiger partial charge in [0.15, 0.2) is 0 Å². The molecule has 134 valence electrons. The van der Waals surface area contributed by atoms with Gasteiger partial charge in [-0.3, -0.25) is 14.2 Å². The predicted molar refractivity (Wildman–Crippen MR) is 97.5 cm³/mol. The molecule has 1 N–H and O–H groups in total. The number of nitrogens with one attached hydrogen (secondary N) is 1. The zero-order valence-electron chi connectivity index (χ0n) is 14.3. The van der Waals surface area contributed by atoms with Gasteiger partial charge in [-0.05, 0) is 24.3 Å². The van der Waals surface area contributed by atoms with Gasteiger partial charge in [-0.1, -0.05) is 18.2 Å². The van der Waals surface area contributed by atoms with Crippen molar-refractivity contribution < 1.29 is 14.3 Å². The Labute approximate surface area is 150 Å². The molecule has 3 rings (SSSR count). The average molecular weight is 353 g/mol. The topological polar surface area (TPSA) is 82.5 Å². The fourth-order valence-electron chi connectivity index (χ4n) is 2.53. The first-order chi connectivity index (χ1) is 12.7. The van der Waals surface area contributed by atoms with E-state index >= 15 is 0 Å². The molecule has 0 atom stereocenters. The van der Waals surface area contributed by atoms with E-state index in [9.17, 15) is 9.59 Å². The summed E-state index contributed by atoms with van der Waals surface area (Å²) in [6.45, 7) is 0.569. The molecule has 0 aliphatic carbocycles. The zero-order valence-corrected chi connectivity index (χ0v) is 14.3. The lowest BCUT2D eigenvalue weighted by atomic mass is 10.3. The van der Waals surface area contributed by atoms with Crippen molar-refractivity contribution in [1.29, 1.82) is 0 Å². The van der Waals surface area contributed by atoms with Crippen molar-refractivity contribution in [1.82, 2.24) is 14.9 Å². The Balaban J connectivity index is 1.55. The normalized spacial score (nSPS) is 10.5. The van der Waals surface area contributed by atoms with Gasteiger partial charge in [0, 0.05) is 6.07 Å². The first-order valence-corrected chi connectivity index (χ1v) is 8.15. The number of fused-ring (bicyclic) bond motifs is 1. The lowest BCUT2D eigenvalue weighted by Gasteiger charge is -2.11. The molecular weight excluding hydrogens is 334 g/mol. The molecule has 0 unspecified atom stereocenters. The van der Waals surface area contributed by atoms with E-state index < -0.39 is 0 Å². The summed E-state index contributed by atoms with van der Waals surface area (Å²) in [5.74, 6) is 1.10. The van der Waals surface area contributed by atoms with Crippen molar-refractivity contribution in [2.45, 2.75) is 6.54 Å². The summed E-state index contributed by atoms with van der Waals surface area (Å²) in [7, 11) is 1.59. The Hall–Kier alpha value is -3.35. The number of para-hydroxylation sites is 2. The van der Waals surface area contributed by atoms with Crippen LogP contribution in [-0.2, 0) is 11.3 Å². The van der Waals surface area contributed by atoms with Crippen LogP contribution in [-0.4, -0.2) is 35.7 Å². The Morgan fingerprint density at radius 2 is 1.96 bits per heavy atom. The molecule has 1 aromatic heterocycles. The van der Waals surface area contributed by atoms with Crippen molar-refractivity contribution in [2.24, 2.45) is 0 Å². The number of benzene rings is 2. The molecule has 0 saturated heterocycles. The molecule has 1 heterocycles. The zero-order chi connectivity index (χ0) is 18.4. The van der Waals surface area contributed by atoms with Crippen LogP contribution in [0.2, 0.25) is 0 Å². The summed E-state index contributed by atoms with van der Waals surface area (Å²) in [6.07, 6.45) is 1.22. The molecule has 26 heavy (non-hydrogen) atoms. The van der Waals surface area contributed by atoms with Crippen LogP contribution in [0.25, 0.3) is 11.0 Å². The van der Waals surface area contributed by atoms with Crippen molar-refractivity contribution in [3.63, 3.8) is 0 Å². The third-order valence-corrected chi connectivity index (χ3v) is 3.79. The molecule has 0 bridgehead atoms. The number of aromatic nitrogens is 2. The summed E-state index contributed by atoms with van der Waals surface area (Å²) in [5, 5.41) is 2.75. The largest absolute Gasteiger partial charge is 0.497 e. The second-order valence-corrected chi connectivity index (χ2v) is 5.55. The number of nitrogens with zero attached hydrogens (tertiary/aromatic N) is 2. The first kappa shape index (κ1) is 17.5. The van der Waals surface area contributed by atoms with Crippen LogP contribution in [0.15, 0.2) is 59.5 Å². The predicted octanol–water partition coefficient (Wildman–Crippen LogP) is 1.60. The number of methoxy groups -OCH3 is 1. The molecule has 0 fully saturated rings. The number of rotatable bonds is 7. The van der Waals surface area contributed by atoms with Gasteiger partial charge >= 0.3 is 0 Å². The SMILES string of the molecule is COc1cccc(OCCNC(=O)Cn2c(=O)cnc3ccccc32)c1. The van der Waals surface area contributed by atoms with E-state index in [0.29, 0.717) is 35.7 Å². The highest BCUT2D eigenvalue weighted by atomic mass is 16.5. The van der Waals surface area contributed by atoms with Gasteiger partial charge < -0.3 is 14.8 Å². The average Bonchev–Trinajstić information content (AvgIpc) is 2.68. The van der Waals surface area contributed by atoms with Gasteiger partial charge in [-0.15, -0.1) is 0 Å². The molecule has 2 aromatic carbocycles. The van der Waals surface area contributed by atoms with E-state index in [1.54, 1.807) is 31.4 Å². The Kier molecular flexibility index (Phi) is 5.48. The fourth-order valence-corrected chi connectivity index (χ4v) is 2.53. The van der Waals surface area contributed by atoms with Gasteiger partial charge in [0.05, 0.1) is 30.9 Å². The van der Waals surface area contributed by atoms with E-state index in [4.69, 9.17) is 9.47 Å². The smallest absolute Gasteiger partial charge is 0.269 e. The minimum atomic E-state index is -0.313. The van der Waals surface area contributed by atoms with Crippen LogP contribution in [0.5, 0.6) is 11.5 Å². The summed E-state index contributed by atoms with van der Waals surface area (Å²) in [4.78, 5) is 28.3. The number of amides is 1. The number of hydrogen-bond acceptors (Lipinski definition) is 5. The van der Waals surface area contributed by atoms with Crippen LogP contribution in [0.4, 0.5) is 0 Å². The van der Waals surface area contributed by atoms with Gasteiger partial charge in [-0.25, -0.2) is 4.98 Å². The lowest BCUT2D eigenvalue weighted by molar-refractivity contribution is -0.121. The van der Waals surface area contributed by atoms with Crippen LogP contribution in [0.3, 0.4) is 0 Å². The Morgan fingerprint density at radius 3 is 2.81 bits per heavy atom. The van der Waals surface area contributed by atoms with E-state index in [1.807, 2.05) is 24.3 Å². The highest BCUT2D eigenvalue weighted by Crippen LogP contribution is 2.18. The number of ether oxygens (including phenoxy) is 2. The number of carbonyl (C=O) groups excluding carboxylic acids is 1. The Morgan fingerprint density at radius 1 is 1.15 bits per heavy atom. The van der Waals surface area contributed by atoms with Crippen molar-refractivity contribution in [3.05, 3.63) is 65.1 Å². The third kappa shape index (κ3) is 4.18. The van der Waals surface area contributed by atoms with Crippen molar-refractivity contribution in [2.75, 3.05) is 20.3 Å². The summed E-state index contributed by atoms with van der Waals surface area (Å²) < 4.78 is 12.1. The molecular formula is C19H19N3O4. The second-order valence-electron chi connectivity index (χ2n) is 5.55. The summed E-state index contributed by atoms with van der Waals surface area (Å²) in [6, 6.07) is 14.4. The molecule has 7 heteroatoms. The minimum Gasteiger partial charge on any atom is -0.497 e. The van der Waals surface area contributed by atoms with Crippen molar-refractivity contribution in [3.8, 4) is 11.5 Å². The molecule has 0 spiro atoms. The minimum absolute atomic E-state index is 0.0684. The summed E-state index contributed by atoms with van der Waals surface area (Å²) in [5.41, 5.74) is 0.982. The van der Waals surface area contributed by atoms with Crippen LogP contribution in [0, 0.1) is 0 Å². The quantitative estimate of drug-likeness (QED) is 0.653. The van der Waals surface area contributed by atoms with Crippen LogP contribution >= 0.6 is 0 Å². The van der Waals surface area contributed by atoms with E-state index in [0.717, 1.165) is 0 Å². The second kappa shape index (κ2) is 8.15. The molecule has 7 nitrogen and oxygen atoms in total. The maximum atomic E-state index is 12.2.